The number of nitrogens with two attached hydrogens (primary N) is 1. The first-order valence-corrected chi connectivity index (χ1v) is 9.28. The van der Waals surface area contributed by atoms with Gasteiger partial charge in [0.05, 0.1) is 16.8 Å². The summed E-state index contributed by atoms with van der Waals surface area (Å²) in [5.74, 6) is 0.128. The van der Waals surface area contributed by atoms with Gasteiger partial charge >= 0.3 is 0 Å². The van der Waals surface area contributed by atoms with Crippen LogP contribution in [0.25, 0.3) is 5.69 Å². The van der Waals surface area contributed by atoms with Crippen LogP contribution in [-0.2, 0) is 0 Å². The first kappa shape index (κ1) is 18.8. The number of nitrogens with zero attached hydrogens (tertiary/aromatic N) is 5. The second-order valence-corrected chi connectivity index (χ2v) is 7.05. The number of nitro benzene ring substituents is 1. The number of carbonyl (C=O) groups is 1. The van der Waals surface area contributed by atoms with Gasteiger partial charge in [-0.05, 0) is 24.1 Å². The minimum absolute atomic E-state index is 0.0538. The third-order valence-electron chi connectivity index (χ3n) is 5.28. The molecule has 2 heterocycles. The highest BCUT2D eigenvalue weighted by atomic mass is 16.6. The molecule has 3 aromatic rings. The van der Waals surface area contributed by atoms with Crippen LogP contribution < -0.4 is 5.73 Å². The van der Waals surface area contributed by atoms with Gasteiger partial charge in [0.15, 0.2) is 5.69 Å². The van der Waals surface area contributed by atoms with Gasteiger partial charge in [0, 0.05) is 31.1 Å². The fourth-order valence-corrected chi connectivity index (χ4v) is 3.75. The molecule has 1 saturated heterocycles. The summed E-state index contributed by atoms with van der Waals surface area (Å²) in [5, 5.41) is 18.9. The molecule has 4 rings (SSSR count). The quantitative estimate of drug-likeness (QED) is 0.524. The van der Waals surface area contributed by atoms with E-state index in [1.807, 2.05) is 18.2 Å². The van der Waals surface area contributed by atoms with Crippen molar-refractivity contribution in [2.24, 2.45) is 11.7 Å². The topological polar surface area (TPSA) is 120 Å². The van der Waals surface area contributed by atoms with Crippen LogP contribution in [0.4, 0.5) is 5.69 Å². The molecule has 2 aromatic carbocycles. The molecule has 0 aliphatic carbocycles. The van der Waals surface area contributed by atoms with Crippen molar-refractivity contribution in [2.45, 2.75) is 5.92 Å². The van der Waals surface area contributed by atoms with Crippen LogP contribution in [0.2, 0.25) is 0 Å². The second-order valence-electron chi connectivity index (χ2n) is 7.05. The number of non-ortho nitro benzene ring substituents is 1. The molecule has 1 fully saturated rings. The molecule has 1 amide bonds. The first-order valence-electron chi connectivity index (χ1n) is 9.28. The average Bonchev–Trinajstić information content (AvgIpc) is 3.41. The van der Waals surface area contributed by atoms with E-state index >= 15 is 0 Å². The van der Waals surface area contributed by atoms with Crippen LogP contribution in [-0.4, -0.2) is 50.4 Å². The Hall–Kier alpha value is -3.59. The Kier molecular flexibility index (Phi) is 5.05. The summed E-state index contributed by atoms with van der Waals surface area (Å²) >= 11 is 0. The maximum absolute atomic E-state index is 13.0. The third kappa shape index (κ3) is 3.72. The van der Waals surface area contributed by atoms with Crippen molar-refractivity contribution in [3.05, 3.63) is 82.2 Å². The molecule has 1 aromatic heterocycles. The van der Waals surface area contributed by atoms with Crippen molar-refractivity contribution in [3.8, 4) is 5.69 Å². The fraction of sp³-hybridized carbons (Fsp3) is 0.250. The maximum atomic E-state index is 13.0. The summed E-state index contributed by atoms with van der Waals surface area (Å²) in [6.45, 7) is 1.61. The fourth-order valence-electron chi connectivity index (χ4n) is 3.75. The van der Waals surface area contributed by atoms with Gasteiger partial charge in [0.2, 0.25) is 0 Å². The Morgan fingerprint density at radius 2 is 1.97 bits per heavy atom. The summed E-state index contributed by atoms with van der Waals surface area (Å²) in [6.07, 6.45) is 1.49. The molecule has 2 atom stereocenters. The van der Waals surface area contributed by atoms with E-state index in [1.165, 1.54) is 28.6 Å². The molecular formula is C20H20N6O3. The van der Waals surface area contributed by atoms with Crippen molar-refractivity contribution < 1.29 is 9.72 Å². The van der Waals surface area contributed by atoms with Crippen molar-refractivity contribution in [1.82, 2.24) is 19.9 Å². The number of benzene rings is 2. The number of rotatable bonds is 5. The van der Waals surface area contributed by atoms with E-state index in [4.69, 9.17) is 5.73 Å². The largest absolute Gasteiger partial charge is 0.336 e. The second kappa shape index (κ2) is 7.80. The smallest absolute Gasteiger partial charge is 0.276 e. The number of carbonyl (C=O) groups excluding carboxylic acids is 1. The van der Waals surface area contributed by atoms with Gasteiger partial charge < -0.3 is 10.6 Å². The monoisotopic (exact) mass is 392 g/mol. The Labute approximate surface area is 166 Å². The molecule has 9 heteroatoms. The van der Waals surface area contributed by atoms with Gasteiger partial charge in [-0.3, -0.25) is 14.9 Å². The van der Waals surface area contributed by atoms with Crippen molar-refractivity contribution in [3.63, 3.8) is 0 Å². The van der Waals surface area contributed by atoms with Crippen LogP contribution in [0.1, 0.15) is 22.0 Å². The summed E-state index contributed by atoms with van der Waals surface area (Å²) in [4.78, 5) is 25.2. The lowest BCUT2D eigenvalue weighted by Crippen LogP contribution is -2.30. The first-order chi connectivity index (χ1) is 14.1. The zero-order chi connectivity index (χ0) is 20.4. The van der Waals surface area contributed by atoms with Gasteiger partial charge in [0.25, 0.3) is 11.6 Å². The van der Waals surface area contributed by atoms with Crippen LogP contribution in [0, 0.1) is 16.0 Å². The van der Waals surface area contributed by atoms with Gasteiger partial charge in [-0.2, -0.15) is 0 Å². The summed E-state index contributed by atoms with van der Waals surface area (Å²) in [5.41, 5.74) is 7.73. The predicted octanol–water partition coefficient (Wildman–Crippen LogP) is 1.99. The molecule has 1 aliphatic rings. The van der Waals surface area contributed by atoms with E-state index < -0.39 is 4.92 Å². The molecule has 9 nitrogen and oxygen atoms in total. The van der Waals surface area contributed by atoms with Crippen molar-refractivity contribution in [1.29, 1.82) is 0 Å². The normalized spacial score (nSPS) is 18.7. The van der Waals surface area contributed by atoms with E-state index in [0.717, 1.165) is 0 Å². The van der Waals surface area contributed by atoms with Gasteiger partial charge in [-0.25, -0.2) is 4.68 Å². The zero-order valence-corrected chi connectivity index (χ0v) is 15.6. The lowest BCUT2D eigenvalue weighted by molar-refractivity contribution is -0.384. The predicted molar refractivity (Wildman–Crippen MR) is 106 cm³/mol. The Balaban J connectivity index is 1.54. The minimum Gasteiger partial charge on any atom is -0.336 e. The molecule has 148 valence electrons. The lowest BCUT2D eigenvalue weighted by Gasteiger charge is -2.16. The number of hydrogen-bond donors (Lipinski definition) is 1. The highest BCUT2D eigenvalue weighted by Gasteiger charge is 2.36. The molecule has 1 aliphatic heterocycles. The van der Waals surface area contributed by atoms with Gasteiger partial charge in [0.1, 0.15) is 0 Å². The summed E-state index contributed by atoms with van der Waals surface area (Å²) < 4.78 is 1.37. The number of aromatic nitrogens is 3. The Bertz CT molecular complexity index is 1040. The molecule has 0 spiro atoms. The minimum atomic E-state index is -0.479. The third-order valence-corrected chi connectivity index (χ3v) is 5.28. The average molecular weight is 392 g/mol. The summed E-state index contributed by atoms with van der Waals surface area (Å²) in [6, 6.07) is 16.1. The van der Waals surface area contributed by atoms with E-state index in [2.05, 4.69) is 22.4 Å². The van der Waals surface area contributed by atoms with Crippen LogP contribution in [0.5, 0.6) is 0 Å². The Morgan fingerprint density at radius 3 is 2.69 bits per heavy atom. The van der Waals surface area contributed by atoms with E-state index in [1.54, 1.807) is 17.0 Å². The molecular weight excluding hydrogens is 372 g/mol. The van der Waals surface area contributed by atoms with Crippen molar-refractivity contribution in [2.75, 3.05) is 19.6 Å². The van der Waals surface area contributed by atoms with Crippen LogP contribution in [0.15, 0.2) is 60.8 Å². The SMILES string of the molecule is NC[C@@H]1CN(C(=O)c2cn(-c3cccc([N+](=O)[O-])c3)nn2)C[C@H]1c1ccccc1. The summed E-state index contributed by atoms with van der Waals surface area (Å²) in [7, 11) is 0. The highest BCUT2D eigenvalue weighted by molar-refractivity contribution is 5.92. The van der Waals surface area contributed by atoms with E-state index in [9.17, 15) is 14.9 Å². The molecule has 29 heavy (non-hydrogen) atoms. The number of nitro groups is 1. The van der Waals surface area contributed by atoms with E-state index in [-0.39, 0.29) is 29.1 Å². The lowest BCUT2D eigenvalue weighted by atomic mass is 9.89. The molecule has 0 radical (unpaired) electrons. The molecule has 0 unspecified atom stereocenters. The molecule has 0 bridgehead atoms. The Morgan fingerprint density at radius 1 is 1.17 bits per heavy atom. The van der Waals surface area contributed by atoms with Gasteiger partial charge in [-0.1, -0.05) is 41.6 Å². The standard InChI is InChI=1S/C20H20N6O3/c21-10-15-11-24(12-18(15)14-5-2-1-3-6-14)20(27)19-13-25(23-22-19)16-7-4-8-17(9-16)26(28)29/h1-9,13,15,18H,10-12,21H2/t15-,18+/m1/s1. The molecule has 2 N–H and O–H groups in total. The number of amides is 1. The number of hydrogen-bond acceptors (Lipinski definition) is 6. The van der Waals surface area contributed by atoms with Crippen molar-refractivity contribution >= 4 is 11.6 Å². The van der Waals surface area contributed by atoms with Crippen LogP contribution >= 0.6 is 0 Å². The van der Waals surface area contributed by atoms with E-state index in [0.29, 0.717) is 25.3 Å². The maximum Gasteiger partial charge on any atom is 0.276 e. The highest BCUT2D eigenvalue weighted by Crippen LogP contribution is 2.32. The van der Waals surface area contributed by atoms with Crippen LogP contribution in [0.3, 0.4) is 0 Å². The van der Waals surface area contributed by atoms with Gasteiger partial charge in [-0.15, -0.1) is 5.10 Å². The molecule has 0 saturated carbocycles. The number of likely N-dealkylation sites (tertiary alicyclic amines) is 1. The zero-order valence-electron chi connectivity index (χ0n) is 15.6.